The van der Waals surface area contributed by atoms with Crippen LogP contribution in [0, 0.1) is 0 Å². The van der Waals surface area contributed by atoms with E-state index >= 15 is 0 Å². The van der Waals surface area contributed by atoms with E-state index in [9.17, 15) is 0 Å². The van der Waals surface area contributed by atoms with Crippen LogP contribution in [0.2, 0.25) is 0 Å². The molecule has 0 N–H and O–H groups in total. The summed E-state index contributed by atoms with van der Waals surface area (Å²) in [7, 11) is 3.44. The van der Waals surface area contributed by atoms with Crippen LogP contribution in [0.25, 0.3) is 10.8 Å². The molecule has 0 atom stereocenters. The number of ether oxygens (including phenoxy) is 2. The quantitative estimate of drug-likeness (QED) is 0.781. The van der Waals surface area contributed by atoms with Crippen LogP contribution in [0.1, 0.15) is 11.1 Å². The smallest absolute Gasteiger partial charge is 0.0719 e. The van der Waals surface area contributed by atoms with E-state index in [1.165, 1.54) is 21.9 Å². The average Bonchev–Trinajstić information content (AvgIpc) is 2.33. The lowest BCUT2D eigenvalue weighted by atomic mass is 10.0. The molecule has 2 aromatic rings. The molecule has 0 bridgehead atoms. The van der Waals surface area contributed by atoms with Crippen molar-refractivity contribution < 1.29 is 9.47 Å². The highest BCUT2D eigenvalue weighted by Crippen LogP contribution is 2.23. The fourth-order valence-corrected chi connectivity index (χ4v) is 1.99. The van der Waals surface area contributed by atoms with Gasteiger partial charge in [0.1, 0.15) is 0 Å². The van der Waals surface area contributed by atoms with Crippen molar-refractivity contribution in [3.63, 3.8) is 0 Å². The van der Waals surface area contributed by atoms with Gasteiger partial charge in [-0.2, -0.15) is 0 Å². The third-order valence-electron chi connectivity index (χ3n) is 2.70. The summed E-state index contributed by atoms with van der Waals surface area (Å²) in [5, 5.41) is 2.50. The molecule has 0 saturated carbocycles. The van der Waals surface area contributed by atoms with Crippen LogP contribution in [-0.2, 0) is 22.7 Å². The molecule has 2 heteroatoms. The van der Waals surface area contributed by atoms with E-state index in [0.717, 1.165) is 0 Å². The fourth-order valence-electron chi connectivity index (χ4n) is 1.99. The largest absolute Gasteiger partial charge is 0.380 e. The Morgan fingerprint density at radius 3 is 1.56 bits per heavy atom. The summed E-state index contributed by atoms with van der Waals surface area (Å²) in [4.78, 5) is 0. The van der Waals surface area contributed by atoms with Crippen LogP contribution in [0.15, 0.2) is 36.4 Å². The molecule has 0 aliphatic rings. The summed E-state index contributed by atoms with van der Waals surface area (Å²) in [5.41, 5.74) is 2.44. The predicted molar refractivity (Wildman–Crippen MR) is 65.4 cm³/mol. The van der Waals surface area contributed by atoms with Gasteiger partial charge in [-0.05, 0) is 21.9 Å². The van der Waals surface area contributed by atoms with Crippen LogP contribution >= 0.6 is 0 Å². The molecule has 2 nitrogen and oxygen atoms in total. The first kappa shape index (κ1) is 11.1. The summed E-state index contributed by atoms with van der Waals surface area (Å²) in [6.07, 6.45) is 0. The van der Waals surface area contributed by atoms with Gasteiger partial charge in [-0.1, -0.05) is 36.4 Å². The first-order valence-corrected chi connectivity index (χ1v) is 5.34. The van der Waals surface area contributed by atoms with E-state index in [1.54, 1.807) is 14.2 Å². The van der Waals surface area contributed by atoms with E-state index in [4.69, 9.17) is 9.47 Å². The van der Waals surface area contributed by atoms with Crippen LogP contribution in [0.4, 0.5) is 0 Å². The number of fused-ring (bicyclic) bond motifs is 1. The first-order valence-electron chi connectivity index (χ1n) is 5.34. The molecule has 16 heavy (non-hydrogen) atoms. The Labute approximate surface area is 95.8 Å². The van der Waals surface area contributed by atoms with Crippen LogP contribution in [0.3, 0.4) is 0 Å². The zero-order valence-electron chi connectivity index (χ0n) is 9.69. The molecule has 0 aromatic heterocycles. The highest BCUT2D eigenvalue weighted by Gasteiger charge is 2.04. The molecule has 84 valence electrons. The van der Waals surface area contributed by atoms with Gasteiger partial charge < -0.3 is 9.47 Å². The van der Waals surface area contributed by atoms with Gasteiger partial charge in [0.2, 0.25) is 0 Å². The third-order valence-corrected chi connectivity index (χ3v) is 2.70. The second-order valence-corrected chi connectivity index (χ2v) is 3.80. The summed E-state index contributed by atoms with van der Waals surface area (Å²) >= 11 is 0. The predicted octanol–water partition coefficient (Wildman–Crippen LogP) is 3.13. The Hall–Kier alpha value is -1.38. The molecule has 0 fully saturated rings. The minimum Gasteiger partial charge on any atom is -0.380 e. The average molecular weight is 216 g/mol. The SMILES string of the molecule is COCc1ccc(COC)c2ccccc12. The maximum Gasteiger partial charge on any atom is 0.0719 e. The van der Waals surface area contributed by atoms with Gasteiger partial charge in [-0.3, -0.25) is 0 Å². The molecular formula is C14H16O2. The number of rotatable bonds is 4. The normalized spacial score (nSPS) is 10.9. The lowest BCUT2D eigenvalue weighted by Gasteiger charge is -2.10. The lowest BCUT2D eigenvalue weighted by Crippen LogP contribution is -1.94. The van der Waals surface area contributed by atoms with Crippen molar-refractivity contribution in [3.05, 3.63) is 47.5 Å². The number of hydrogen-bond acceptors (Lipinski definition) is 2. The minimum atomic E-state index is 0.647. The second-order valence-electron chi connectivity index (χ2n) is 3.80. The van der Waals surface area contributed by atoms with Crippen molar-refractivity contribution in [1.82, 2.24) is 0 Å². The molecule has 0 saturated heterocycles. The Morgan fingerprint density at radius 1 is 0.750 bits per heavy atom. The van der Waals surface area contributed by atoms with Crippen LogP contribution in [0.5, 0.6) is 0 Å². The molecule has 0 heterocycles. The molecule has 0 spiro atoms. The number of hydrogen-bond donors (Lipinski definition) is 0. The van der Waals surface area contributed by atoms with Crippen molar-refractivity contribution in [2.45, 2.75) is 13.2 Å². The van der Waals surface area contributed by atoms with Gasteiger partial charge in [0.25, 0.3) is 0 Å². The molecule has 0 radical (unpaired) electrons. The highest BCUT2D eigenvalue weighted by molar-refractivity contribution is 5.88. The van der Waals surface area contributed by atoms with Crippen molar-refractivity contribution >= 4 is 10.8 Å². The van der Waals surface area contributed by atoms with Crippen LogP contribution < -0.4 is 0 Å². The third kappa shape index (κ3) is 2.08. The van der Waals surface area contributed by atoms with E-state index in [0.29, 0.717) is 13.2 Å². The standard InChI is InChI=1S/C14H16O2/c1-15-9-11-7-8-12(10-16-2)14-6-4-3-5-13(11)14/h3-8H,9-10H2,1-2H3. The molecule has 0 aliphatic heterocycles. The summed E-state index contributed by atoms with van der Waals surface area (Å²) in [6, 6.07) is 12.6. The number of methoxy groups -OCH3 is 2. The maximum absolute atomic E-state index is 5.20. The molecule has 2 aromatic carbocycles. The Morgan fingerprint density at radius 2 is 1.19 bits per heavy atom. The summed E-state index contributed by atoms with van der Waals surface area (Å²) in [6.45, 7) is 1.29. The monoisotopic (exact) mass is 216 g/mol. The molecule has 0 unspecified atom stereocenters. The van der Waals surface area contributed by atoms with Crippen molar-refractivity contribution in [2.75, 3.05) is 14.2 Å². The number of benzene rings is 2. The second kappa shape index (κ2) is 5.10. The molecule has 0 amide bonds. The zero-order chi connectivity index (χ0) is 11.4. The van der Waals surface area contributed by atoms with Crippen molar-refractivity contribution in [2.24, 2.45) is 0 Å². The lowest BCUT2D eigenvalue weighted by molar-refractivity contribution is 0.184. The topological polar surface area (TPSA) is 18.5 Å². The first-order chi connectivity index (χ1) is 7.86. The molecule has 0 aliphatic carbocycles. The summed E-state index contributed by atoms with van der Waals surface area (Å²) in [5.74, 6) is 0. The van der Waals surface area contributed by atoms with Gasteiger partial charge in [0.15, 0.2) is 0 Å². The molecule has 2 rings (SSSR count). The van der Waals surface area contributed by atoms with Crippen molar-refractivity contribution in [3.8, 4) is 0 Å². The van der Waals surface area contributed by atoms with Gasteiger partial charge in [-0.15, -0.1) is 0 Å². The van der Waals surface area contributed by atoms with E-state index < -0.39 is 0 Å². The maximum atomic E-state index is 5.20. The van der Waals surface area contributed by atoms with Crippen molar-refractivity contribution in [1.29, 1.82) is 0 Å². The van der Waals surface area contributed by atoms with Gasteiger partial charge in [0.05, 0.1) is 13.2 Å². The minimum absolute atomic E-state index is 0.647. The van der Waals surface area contributed by atoms with E-state index in [1.807, 2.05) is 0 Å². The van der Waals surface area contributed by atoms with Crippen LogP contribution in [-0.4, -0.2) is 14.2 Å². The van der Waals surface area contributed by atoms with Gasteiger partial charge in [0, 0.05) is 14.2 Å². The highest BCUT2D eigenvalue weighted by atomic mass is 16.5. The van der Waals surface area contributed by atoms with E-state index in [2.05, 4.69) is 36.4 Å². The Kier molecular flexibility index (Phi) is 3.54. The fraction of sp³-hybridized carbons (Fsp3) is 0.286. The Bertz CT molecular complexity index is 433. The van der Waals surface area contributed by atoms with E-state index in [-0.39, 0.29) is 0 Å². The van der Waals surface area contributed by atoms with Gasteiger partial charge >= 0.3 is 0 Å². The van der Waals surface area contributed by atoms with Gasteiger partial charge in [-0.25, -0.2) is 0 Å². The summed E-state index contributed by atoms with van der Waals surface area (Å²) < 4.78 is 10.4. The molecular weight excluding hydrogens is 200 g/mol. The zero-order valence-corrected chi connectivity index (χ0v) is 9.69. The Balaban J connectivity index is 2.57.